The number of halogens is 8. The minimum atomic E-state index is -1.38. The summed E-state index contributed by atoms with van der Waals surface area (Å²) in [5.74, 6) is -3.97. The Bertz CT molecular complexity index is 1660. The molecule has 0 radical (unpaired) electrons. The highest BCUT2D eigenvalue weighted by molar-refractivity contribution is 6.56. The summed E-state index contributed by atoms with van der Waals surface area (Å²) >= 11 is 49.8. The molecule has 2 aromatic rings. The Labute approximate surface area is 349 Å². The normalized spacial score (nSPS) is 14.4. The van der Waals surface area contributed by atoms with Crippen LogP contribution >= 0.6 is 92.8 Å². The minimum Gasteiger partial charge on any atom is -0.464 e. The number of benzene rings is 2. The number of carbonyl (C=O) groups excluding carboxylic acids is 5. The summed E-state index contributed by atoms with van der Waals surface area (Å²) in [7, 11) is 0. The number of esters is 1. The van der Waals surface area contributed by atoms with E-state index in [0.29, 0.717) is 6.42 Å². The predicted molar refractivity (Wildman–Crippen MR) is 213 cm³/mol. The number of amides is 4. The number of ether oxygens (including phenoxy) is 1. The Morgan fingerprint density at radius 2 is 0.849 bits per heavy atom. The summed E-state index contributed by atoms with van der Waals surface area (Å²) < 4.78 is 5.60. The van der Waals surface area contributed by atoms with Crippen LogP contribution in [-0.4, -0.2) is 58.6 Å². The largest absolute Gasteiger partial charge is 0.464 e. The summed E-state index contributed by atoms with van der Waals surface area (Å²) in [6.45, 7) is 2.22. The van der Waals surface area contributed by atoms with Crippen LogP contribution in [0, 0.1) is 0 Å². The number of fused-ring (bicyclic) bond motifs is 2. The molecule has 0 bridgehead atoms. The van der Waals surface area contributed by atoms with Gasteiger partial charge in [0.1, 0.15) is 6.04 Å². The highest BCUT2D eigenvalue weighted by Gasteiger charge is 2.47. The van der Waals surface area contributed by atoms with Crippen molar-refractivity contribution in [2.45, 2.75) is 116 Å². The fraction of sp³-hybridized carbons (Fsp3) is 0.541. The molecule has 0 fully saturated rings. The van der Waals surface area contributed by atoms with E-state index in [1.165, 1.54) is 51.4 Å². The van der Waals surface area contributed by atoms with E-state index in [9.17, 15) is 24.0 Å². The van der Waals surface area contributed by atoms with Gasteiger partial charge in [-0.05, 0) is 25.7 Å². The molecular formula is C37H40Cl8N2O6. The zero-order chi connectivity index (χ0) is 39.0. The maximum Gasteiger partial charge on any atom is 0.329 e. The van der Waals surface area contributed by atoms with Gasteiger partial charge in [-0.3, -0.25) is 29.0 Å². The van der Waals surface area contributed by atoms with Crippen molar-refractivity contribution in [2.75, 3.05) is 13.2 Å². The second-order valence-electron chi connectivity index (χ2n) is 13.2. The first kappa shape index (κ1) is 44.2. The van der Waals surface area contributed by atoms with Crippen molar-refractivity contribution in [1.82, 2.24) is 9.80 Å². The molecule has 0 aromatic heterocycles. The molecule has 53 heavy (non-hydrogen) atoms. The maximum atomic E-state index is 13.7. The lowest BCUT2D eigenvalue weighted by Gasteiger charge is -2.25. The van der Waals surface area contributed by atoms with Gasteiger partial charge in [0.15, 0.2) is 0 Å². The van der Waals surface area contributed by atoms with Gasteiger partial charge >= 0.3 is 5.97 Å². The van der Waals surface area contributed by atoms with E-state index < -0.39 is 35.6 Å². The molecule has 16 heteroatoms. The van der Waals surface area contributed by atoms with Crippen molar-refractivity contribution in [3.63, 3.8) is 0 Å². The molecule has 4 rings (SSSR count). The topological polar surface area (TPSA) is 101 Å². The zero-order valence-corrected chi connectivity index (χ0v) is 35.2. The van der Waals surface area contributed by atoms with Crippen molar-refractivity contribution in [2.24, 2.45) is 0 Å². The van der Waals surface area contributed by atoms with Gasteiger partial charge in [0.05, 0.1) is 69.0 Å². The molecule has 0 saturated heterocycles. The van der Waals surface area contributed by atoms with Crippen molar-refractivity contribution >= 4 is 122 Å². The minimum absolute atomic E-state index is 0.0675. The molecule has 0 spiro atoms. The van der Waals surface area contributed by atoms with Gasteiger partial charge in [0, 0.05) is 6.54 Å². The number of nitrogens with zero attached hydrogens (tertiary/aromatic N) is 2. The predicted octanol–water partition coefficient (Wildman–Crippen LogP) is 13.0. The van der Waals surface area contributed by atoms with E-state index in [4.69, 9.17) is 97.5 Å². The molecule has 0 saturated carbocycles. The fourth-order valence-corrected chi connectivity index (χ4v) is 8.63. The SMILES string of the molecule is CCCCCCCCCCCCCCCOC(=O)[C@@H](CCCCN1C(=O)c2c(Cl)c(Cl)c(Cl)c(Cl)c2C1=O)N1C(=O)c2c(Cl)c(Cl)c(Cl)c(Cl)c2C1=O. The lowest BCUT2D eigenvalue weighted by atomic mass is 10.0. The molecule has 2 aromatic carbocycles. The van der Waals surface area contributed by atoms with Gasteiger partial charge in [-0.15, -0.1) is 0 Å². The molecule has 0 N–H and O–H groups in total. The Morgan fingerprint density at radius 3 is 1.25 bits per heavy atom. The number of unbranched alkanes of at least 4 members (excludes halogenated alkanes) is 13. The summed E-state index contributed by atoms with van der Waals surface area (Å²) in [6, 6.07) is -1.38. The molecule has 0 aliphatic carbocycles. The van der Waals surface area contributed by atoms with Crippen LogP contribution in [0.5, 0.6) is 0 Å². The van der Waals surface area contributed by atoms with Crippen LogP contribution in [0.1, 0.15) is 151 Å². The van der Waals surface area contributed by atoms with Gasteiger partial charge in [-0.1, -0.05) is 177 Å². The van der Waals surface area contributed by atoms with Gasteiger partial charge < -0.3 is 4.74 Å². The monoisotopic (exact) mass is 888 g/mol. The summed E-state index contributed by atoms with van der Waals surface area (Å²) in [4.78, 5) is 69.0. The van der Waals surface area contributed by atoms with Crippen molar-refractivity contribution in [3.8, 4) is 0 Å². The smallest absolute Gasteiger partial charge is 0.329 e. The Balaban J connectivity index is 1.36. The maximum absolute atomic E-state index is 13.7. The third-order valence-electron chi connectivity index (χ3n) is 9.50. The van der Waals surface area contributed by atoms with Gasteiger partial charge in [-0.25, -0.2) is 4.79 Å². The molecule has 0 unspecified atom stereocenters. The third kappa shape index (κ3) is 9.91. The Morgan fingerprint density at radius 1 is 0.491 bits per heavy atom. The fourth-order valence-electron chi connectivity index (χ4n) is 6.60. The quantitative estimate of drug-likeness (QED) is 0.0407. The average Bonchev–Trinajstić information content (AvgIpc) is 3.54. The molecule has 8 nitrogen and oxygen atoms in total. The number of imide groups is 2. The van der Waals surface area contributed by atoms with Crippen LogP contribution in [-0.2, 0) is 9.53 Å². The number of rotatable bonds is 21. The summed E-state index contributed by atoms with van der Waals surface area (Å²) in [6.07, 6.45) is 15.3. The first-order chi connectivity index (χ1) is 25.3. The van der Waals surface area contributed by atoms with Crippen LogP contribution in [0.3, 0.4) is 0 Å². The van der Waals surface area contributed by atoms with Crippen LogP contribution in [0.15, 0.2) is 0 Å². The first-order valence-electron chi connectivity index (χ1n) is 17.9. The summed E-state index contributed by atoms with van der Waals surface area (Å²) in [5, 5.41) is -1.61. The second kappa shape index (κ2) is 20.6. The van der Waals surface area contributed by atoms with Crippen molar-refractivity contribution in [3.05, 3.63) is 62.4 Å². The molecule has 2 aliphatic rings. The van der Waals surface area contributed by atoms with E-state index in [2.05, 4.69) is 6.92 Å². The van der Waals surface area contributed by atoms with Crippen LogP contribution in [0.4, 0.5) is 0 Å². The third-order valence-corrected chi connectivity index (χ3v) is 13.1. The molecule has 2 heterocycles. The Hall–Kier alpha value is -1.49. The summed E-state index contributed by atoms with van der Waals surface area (Å²) in [5.41, 5.74) is -0.824. The number of carbonyl (C=O) groups is 5. The highest BCUT2D eigenvalue weighted by Crippen LogP contribution is 2.46. The molecule has 2 aliphatic heterocycles. The zero-order valence-electron chi connectivity index (χ0n) is 29.2. The average molecular weight is 892 g/mol. The number of hydrogen-bond donors (Lipinski definition) is 0. The molecular weight excluding hydrogens is 852 g/mol. The van der Waals surface area contributed by atoms with Crippen molar-refractivity contribution < 1.29 is 28.7 Å². The Kier molecular flexibility index (Phi) is 17.2. The van der Waals surface area contributed by atoms with E-state index >= 15 is 0 Å². The molecule has 4 amide bonds. The lowest BCUT2D eigenvalue weighted by Crippen LogP contribution is -2.46. The highest BCUT2D eigenvalue weighted by atomic mass is 35.5. The van der Waals surface area contributed by atoms with Crippen molar-refractivity contribution in [1.29, 1.82) is 0 Å². The van der Waals surface area contributed by atoms with Gasteiger partial charge in [-0.2, -0.15) is 0 Å². The standard InChI is InChI=1S/C37H40Cl8N2O6/c1-2-3-4-5-6-7-8-9-10-11-12-13-16-19-53-37(52)20(47-35(50)23-24(36(47)51)28(41)32(45)31(44)27(23)40)17-14-15-18-46-33(48)21-22(34(46)49)26(39)30(43)29(42)25(21)38/h20H,2-19H2,1H3/t20-/m1/s1. The van der Waals surface area contributed by atoms with Gasteiger partial charge in [0.2, 0.25) is 0 Å². The molecule has 290 valence electrons. The lowest BCUT2D eigenvalue weighted by molar-refractivity contribution is -0.148. The van der Waals surface area contributed by atoms with E-state index in [-0.39, 0.29) is 94.8 Å². The van der Waals surface area contributed by atoms with Crippen LogP contribution in [0.25, 0.3) is 0 Å². The van der Waals surface area contributed by atoms with Gasteiger partial charge in [0.25, 0.3) is 23.6 Å². The number of hydrogen-bond acceptors (Lipinski definition) is 6. The van der Waals surface area contributed by atoms with E-state index in [1.807, 2.05) is 0 Å². The van der Waals surface area contributed by atoms with Crippen LogP contribution < -0.4 is 0 Å². The van der Waals surface area contributed by atoms with E-state index in [0.717, 1.165) is 35.5 Å². The first-order valence-corrected chi connectivity index (χ1v) is 20.9. The van der Waals surface area contributed by atoms with E-state index in [1.54, 1.807) is 0 Å². The second-order valence-corrected chi connectivity index (χ2v) is 16.2. The molecule has 1 atom stereocenters. The van der Waals surface area contributed by atoms with Crippen LogP contribution in [0.2, 0.25) is 40.2 Å².